The number of esters is 1. The quantitative estimate of drug-likeness (QED) is 0.356. The minimum Gasteiger partial charge on any atom is -0.494 e. The zero-order valence-corrected chi connectivity index (χ0v) is 17.4. The summed E-state index contributed by atoms with van der Waals surface area (Å²) < 4.78 is 11.3. The van der Waals surface area contributed by atoms with Crippen molar-refractivity contribution in [1.29, 1.82) is 0 Å². The predicted octanol–water partition coefficient (Wildman–Crippen LogP) is 6.08. The monoisotopic (exact) mass is 383 g/mol. The normalized spacial score (nSPS) is 12.8. The van der Waals surface area contributed by atoms with Crippen LogP contribution in [0.15, 0.2) is 54.6 Å². The number of nitrogens with one attached hydrogen (secondary N) is 1. The smallest absolute Gasteiger partial charge is 0.338 e. The van der Waals surface area contributed by atoms with Gasteiger partial charge in [0, 0.05) is 5.69 Å². The van der Waals surface area contributed by atoms with Crippen LogP contribution in [-0.2, 0) is 4.74 Å². The molecule has 0 aliphatic carbocycles. The lowest BCUT2D eigenvalue weighted by atomic mass is 9.96. The highest BCUT2D eigenvalue weighted by molar-refractivity contribution is 5.89. The van der Waals surface area contributed by atoms with E-state index < -0.39 is 0 Å². The molecule has 0 spiro atoms. The Balaban J connectivity index is 1.89. The lowest BCUT2D eigenvalue weighted by molar-refractivity contribution is 0.0429. The number of hydrogen-bond acceptors (Lipinski definition) is 4. The van der Waals surface area contributed by atoms with Gasteiger partial charge in [0.15, 0.2) is 0 Å². The maximum absolute atomic E-state index is 12.5. The second-order valence-electron chi connectivity index (χ2n) is 7.46. The van der Waals surface area contributed by atoms with Crippen LogP contribution in [0.2, 0.25) is 0 Å². The van der Waals surface area contributed by atoms with Crippen LogP contribution in [0.5, 0.6) is 5.75 Å². The van der Waals surface area contributed by atoms with E-state index in [0.29, 0.717) is 18.8 Å². The summed E-state index contributed by atoms with van der Waals surface area (Å²) in [4.78, 5) is 12.5. The summed E-state index contributed by atoms with van der Waals surface area (Å²) in [5.41, 5.74) is 1.26. The average molecular weight is 384 g/mol. The second-order valence-corrected chi connectivity index (χ2v) is 7.46. The Kier molecular flexibility index (Phi) is 8.86. The van der Waals surface area contributed by atoms with Gasteiger partial charge in [-0.3, -0.25) is 0 Å². The summed E-state index contributed by atoms with van der Waals surface area (Å²) >= 11 is 0. The molecule has 1 unspecified atom stereocenters. The van der Waals surface area contributed by atoms with Crippen LogP contribution in [-0.4, -0.2) is 24.7 Å². The SMILES string of the molecule is CCCCCOc1ccc(C(=O)OCC(C)(CCC)Nc2ccccc2)cc1. The summed E-state index contributed by atoms with van der Waals surface area (Å²) in [6.45, 7) is 7.40. The van der Waals surface area contributed by atoms with Crippen molar-refractivity contribution in [2.45, 2.75) is 58.4 Å². The van der Waals surface area contributed by atoms with Gasteiger partial charge in [-0.05, 0) is 56.2 Å². The molecular formula is C24H33NO3. The topological polar surface area (TPSA) is 47.6 Å². The van der Waals surface area contributed by atoms with Crippen molar-refractivity contribution in [2.24, 2.45) is 0 Å². The average Bonchev–Trinajstić information content (AvgIpc) is 2.71. The van der Waals surface area contributed by atoms with Crippen LogP contribution in [0, 0.1) is 0 Å². The van der Waals surface area contributed by atoms with E-state index in [2.05, 4.69) is 26.1 Å². The van der Waals surface area contributed by atoms with Crippen molar-refractivity contribution in [3.63, 3.8) is 0 Å². The van der Waals surface area contributed by atoms with E-state index in [0.717, 1.165) is 37.1 Å². The van der Waals surface area contributed by atoms with Crippen LogP contribution in [0.1, 0.15) is 63.2 Å². The Hall–Kier alpha value is -2.49. The zero-order valence-electron chi connectivity index (χ0n) is 17.4. The van der Waals surface area contributed by atoms with E-state index in [4.69, 9.17) is 9.47 Å². The molecule has 0 aromatic heterocycles. The van der Waals surface area contributed by atoms with E-state index in [1.54, 1.807) is 12.1 Å². The van der Waals surface area contributed by atoms with Crippen molar-refractivity contribution in [1.82, 2.24) is 0 Å². The lowest BCUT2D eigenvalue weighted by Crippen LogP contribution is -2.40. The van der Waals surface area contributed by atoms with Gasteiger partial charge in [0.25, 0.3) is 0 Å². The van der Waals surface area contributed by atoms with Gasteiger partial charge in [0.2, 0.25) is 0 Å². The molecule has 1 N–H and O–H groups in total. The molecule has 0 aliphatic rings. The second kappa shape index (κ2) is 11.4. The molecule has 0 bridgehead atoms. The maximum Gasteiger partial charge on any atom is 0.338 e. The van der Waals surface area contributed by atoms with Crippen LogP contribution in [0.3, 0.4) is 0 Å². The molecule has 4 heteroatoms. The molecule has 152 valence electrons. The van der Waals surface area contributed by atoms with Crippen molar-refractivity contribution < 1.29 is 14.3 Å². The largest absolute Gasteiger partial charge is 0.494 e. The van der Waals surface area contributed by atoms with Gasteiger partial charge >= 0.3 is 5.97 Å². The van der Waals surface area contributed by atoms with Gasteiger partial charge in [0.1, 0.15) is 12.4 Å². The number of rotatable bonds is 12. The lowest BCUT2D eigenvalue weighted by Gasteiger charge is -2.31. The number of carbonyl (C=O) groups is 1. The number of unbranched alkanes of at least 4 members (excludes halogenated alkanes) is 2. The first-order chi connectivity index (χ1) is 13.6. The van der Waals surface area contributed by atoms with Crippen LogP contribution >= 0.6 is 0 Å². The Morgan fingerprint density at radius 1 is 0.964 bits per heavy atom. The van der Waals surface area contributed by atoms with E-state index in [9.17, 15) is 4.79 Å². The first-order valence-electron chi connectivity index (χ1n) is 10.3. The molecule has 0 saturated heterocycles. The Bertz CT molecular complexity index is 700. The molecule has 0 radical (unpaired) electrons. The molecule has 2 aromatic carbocycles. The highest BCUT2D eigenvalue weighted by Gasteiger charge is 2.25. The molecule has 0 heterocycles. The number of para-hydroxylation sites is 1. The standard InChI is InChI=1S/C24H33NO3/c1-4-6-10-18-27-22-15-13-20(14-16-22)23(26)28-19-24(3,17-5-2)25-21-11-8-7-9-12-21/h7-9,11-16,25H,4-6,10,17-19H2,1-3H3. The number of carbonyl (C=O) groups excluding carboxylic acids is 1. The van der Waals surface area contributed by atoms with Gasteiger partial charge in [-0.1, -0.05) is 51.3 Å². The Morgan fingerprint density at radius 2 is 1.68 bits per heavy atom. The third kappa shape index (κ3) is 7.26. The molecule has 0 saturated carbocycles. The Morgan fingerprint density at radius 3 is 2.32 bits per heavy atom. The minimum atomic E-state index is -0.311. The molecule has 1 atom stereocenters. The fourth-order valence-corrected chi connectivity index (χ4v) is 3.13. The van der Waals surface area contributed by atoms with Gasteiger partial charge in [-0.2, -0.15) is 0 Å². The first-order valence-corrected chi connectivity index (χ1v) is 10.3. The number of anilines is 1. The Labute approximate surface area is 169 Å². The van der Waals surface area contributed by atoms with Gasteiger partial charge in [-0.25, -0.2) is 4.79 Å². The van der Waals surface area contributed by atoms with E-state index >= 15 is 0 Å². The van der Waals surface area contributed by atoms with Gasteiger partial charge in [0.05, 0.1) is 17.7 Å². The van der Waals surface area contributed by atoms with E-state index in [1.807, 2.05) is 42.5 Å². The molecule has 0 amide bonds. The van der Waals surface area contributed by atoms with Gasteiger partial charge < -0.3 is 14.8 Å². The number of ether oxygens (including phenoxy) is 2. The van der Waals surface area contributed by atoms with Crippen molar-refractivity contribution >= 4 is 11.7 Å². The van der Waals surface area contributed by atoms with Crippen molar-refractivity contribution in [3.05, 3.63) is 60.2 Å². The zero-order chi connectivity index (χ0) is 20.2. The van der Waals surface area contributed by atoms with Crippen LogP contribution in [0.25, 0.3) is 0 Å². The highest BCUT2D eigenvalue weighted by Crippen LogP contribution is 2.21. The van der Waals surface area contributed by atoms with Crippen molar-refractivity contribution in [3.8, 4) is 5.75 Å². The fourth-order valence-electron chi connectivity index (χ4n) is 3.13. The molecule has 28 heavy (non-hydrogen) atoms. The fraction of sp³-hybridized carbons (Fsp3) is 0.458. The van der Waals surface area contributed by atoms with Crippen molar-refractivity contribution in [2.75, 3.05) is 18.5 Å². The van der Waals surface area contributed by atoms with E-state index in [1.165, 1.54) is 6.42 Å². The third-order valence-electron chi connectivity index (χ3n) is 4.65. The molecule has 2 rings (SSSR count). The summed E-state index contributed by atoms with van der Waals surface area (Å²) in [5.74, 6) is 0.476. The maximum atomic E-state index is 12.5. The molecule has 0 fully saturated rings. The highest BCUT2D eigenvalue weighted by atomic mass is 16.5. The van der Waals surface area contributed by atoms with Crippen LogP contribution < -0.4 is 10.1 Å². The summed E-state index contributed by atoms with van der Waals surface area (Å²) in [5, 5.41) is 3.51. The summed E-state index contributed by atoms with van der Waals surface area (Å²) in [6.07, 6.45) is 5.28. The van der Waals surface area contributed by atoms with E-state index in [-0.39, 0.29) is 11.5 Å². The summed E-state index contributed by atoms with van der Waals surface area (Å²) in [7, 11) is 0. The predicted molar refractivity (Wildman–Crippen MR) is 115 cm³/mol. The molecular weight excluding hydrogens is 350 g/mol. The first kappa shape index (κ1) is 21.8. The molecule has 4 nitrogen and oxygen atoms in total. The molecule has 0 aliphatic heterocycles. The van der Waals surface area contributed by atoms with Gasteiger partial charge in [-0.15, -0.1) is 0 Å². The third-order valence-corrected chi connectivity index (χ3v) is 4.65. The molecule has 2 aromatic rings. The summed E-state index contributed by atoms with van der Waals surface area (Å²) in [6, 6.07) is 17.2. The number of hydrogen-bond donors (Lipinski definition) is 1. The minimum absolute atomic E-state index is 0.309. The number of benzene rings is 2. The van der Waals surface area contributed by atoms with Crippen LogP contribution in [0.4, 0.5) is 5.69 Å².